The van der Waals surface area contributed by atoms with Gasteiger partial charge in [0, 0.05) is 25.7 Å². The van der Waals surface area contributed by atoms with Gasteiger partial charge in [-0.25, -0.2) is 0 Å². The Balaban J connectivity index is 1.43. The van der Waals surface area contributed by atoms with Crippen LogP contribution >= 0.6 is 0 Å². The van der Waals surface area contributed by atoms with Crippen molar-refractivity contribution in [2.45, 2.75) is 39.0 Å². The van der Waals surface area contributed by atoms with Crippen molar-refractivity contribution in [1.29, 1.82) is 0 Å². The minimum atomic E-state index is -0.178. The van der Waals surface area contributed by atoms with E-state index < -0.39 is 0 Å². The molecule has 0 fully saturated rings. The summed E-state index contributed by atoms with van der Waals surface area (Å²) in [5, 5.41) is 0. The van der Waals surface area contributed by atoms with Crippen LogP contribution in [-0.4, -0.2) is 23.1 Å². The third-order valence-electron chi connectivity index (χ3n) is 4.90. The molecule has 0 aromatic carbocycles. The van der Waals surface area contributed by atoms with Gasteiger partial charge < -0.3 is 18.0 Å². The van der Waals surface area contributed by atoms with Crippen LogP contribution in [0.3, 0.4) is 0 Å². The molecule has 0 saturated heterocycles. The molecule has 180 valence electrons. The summed E-state index contributed by atoms with van der Waals surface area (Å²) in [6.07, 6.45) is 11.5. The predicted octanol–water partition coefficient (Wildman–Crippen LogP) is 5.65. The number of allylic oxidation sites excluding steroid dienone is 3. The van der Waals surface area contributed by atoms with Crippen LogP contribution in [-0.2, 0) is 25.6 Å². The molecule has 0 amide bonds. The second kappa shape index (κ2) is 12.8. The van der Waals surface area contributed by atoms with Crippen LogP contribution in [0.4, 0.5) is 0 Å². The second-order valence-electron chi connectivity index (χ2n) is 7.90. The van der Waals surface area contributed by atoms with Gasteiger partial charge in [-0.3, -0.25) is 14.4 Å². The Kier molecular flexibility index (Phi) is 9.31. The van der Waals surface area contributed by atoms with Gasteiger partial charge in [0.15, 0.2) is 17.3 Å². The van der Waals surface area contributed by atoms with Crippen molar-refractivity contribution in [2.75, 3.05) is 0 Å². The molecule has 0 aliphatic carbocycles. The van der Waals surface area contributed by atoms with E-state index in [0.29, 0.717) is 35.2 Å². The van der Waals surface area contributed by atoms with E-state index in [1.54, 1.807) is 54.6 Å². The first-order chi connectivity index (χ1) is 16.9. The number of furan rings is 3. The first-order valence-corrected chi connectivity index (χ1v) is 11.2. The number of hydrogen-bond acceptors (Lipinski definition) is 7. The zero-order valence-electron chi connectivity index (χ0n) is 19.4. The average Bonchev–Trinajstić information content (AvgIpc) is 3.60. The molecule has 0 bridgehead atoms. The van der Waals surface area contributed by atoms with Crippen molar-refractivity contribution in [1.82, 2.24) is 0 Å². The lowest BCUT2D eigenvalue weighted by Gasteiger charge is -1.94. The van der Waals surface area contributed by atoms with Crippen LogP contribution in [0.2, 0.25) is 0 Å². The summed E-state index contributed by atoms with van der Waals surface area (Å²) in [6.45, 7) is 1.45. The molecule has 3 aromatic heterocycles. The zero-order chi connectivity index (χ0) is 25.0. The van der Waals surface area contributed by atoms with Crippen molar-refractivity contribution < 1.29 is 32.4 Å². The third kappa shape index (κ3) is 9.25. The van der Waals surface area contributed by atoms with Crippen LogP contribution < -0.4 is 0 Å². The van der Waals surface area contributed by atoms with Gasteiger partial charge in [-0.1, -0.05) is 0 Å². The van der Waals surface area contributed by atoms with Crippen molar-refractivity contribution in [3.05, 3.63) is 89.7 Å². The third-order valence-corrected chi connectivity index (χ3v) is 4.90. The summed E-state index contributed by atoms with van der Waals surface area (Å²) < 4.78 is 16.5. The maximum Gasteiger partial charge on any atom is 0.156 e. The Morgan fingerprint density at radius 3 is 1.60 bits per heavy atom. The minimum Gasteiger partial charge on any atom is -0.465 e. The normalized spacial score (nSPS) is 11.7. The molecule has 0 spiro atoms. The summed E-state index contributed by atoms with van der Waals surface area (Å²) in [4.78, 5) is 46.6. The number of rotatable bonds is 14. The molecular formula is C28H26O7. The second-order valence-corrected chi connectivity index (χ2v) is 7.90. The van der Waals surface area contributed by atoms with E-state index in [9.17, 15) is 19.2 Å². The van der Waals surface area contributed by atoms with E-state index >= 15 is 0 Å². The maximum absolute atomic E-state index is 12.1. The number of carbonyl (C=O) groups excluding carboxylic acids is 4. The lowest BCUT2D eigenvalue weighted by atomic mass is 10.1. The molecule has 3 rings (SSSR count). The van der Waals surface area contributed by atoms with Crippen LogP contribution in [0.25, 0.3) is 18.2 Å². The first kappa shape index (κ1) is 25.4. The van der Waals surface area contributed by atoms with Gasteiger partial charge in [-0.15, -0.1) is 0 Å². The minimum absolute atomic E-state index is 0.0198. The molecular weight excluding hydrogens is 448 g/mol. The van der Waals surface area contributed by atoms with Crippen molar-refractivity contribution in [3.8, 4) is 0 Å². The molecule has 7 heteroatoms. The van der Waals surface area contributed by atoms with Crippen molar-refractivity contribution in [2.24, 2.45) is 0 Å². The number of ketones is 4. The molecule has 3 aromatic rings. The van der Waals surface area contributed by atoms with Gasteiger partial charge in [-0.05, 0) is 79.8 Å². The fourth-order valence-electron chi connectivity index (χ4n) is 3.04. The summed E-state index contributed by atoms with van der Waals surface area (Å²) in [6, 6.07) is 10.5. The largest absolute Gasteiger partial charge is 0.465 e. The van der Waals surface area contributed by atoms with Gasteiger partial charge in [0.25, 0.3) is 0 Å². The molecule has 3 heterocycles. The van der Waals surface area contributed by atoms with Gasteiger partial charge >= 0.3 is 0 Å². The van der Waals surface area contributed by atoms with E-state index in [-0.39, 0.29) is 48.8 Å². The Morgan fingerprint density at radius 2 is 1.14 bits per heavy atom. The Hall–Kier alpha value is -4.26. The van der Waals surface area contributed by atoms with Gasteiger partial charge in [-0.2, -0.15) is 0 Å². The summed E-state index contributed by atoms with van der Waals surface area (Å²) in [7, 11) is 0. The number of Topliss-reactive ketones (excluding diaryl/α,β-unsaturated/α-hetero) is 1. The molecule has 0 aliphatic heterocycles. The van der Waals surface area contributed by atoms with Crippen LogP contribution in [0.15, 0.2) is 74.1 Å². The van der Waals surface area contributed by atoms with E-state index in [1.165, 1.54) is 31.4 Å². The molecule has 35 heavy (non-hydrogen) atoms. The molecule has 0 atom stereocenters. The van der Waals surface area contributed by atoms with Crippen molar-refractivity contribution >= 4 is 41.4 Å². The summed E-state index contributed by atoms with van der Waals surface area (Å²) in [5.74, 6) is 2.44. The van der Waals surface area contributed by atoms with Crippen molar-refractivity contribution in [3.63, 3.8) is 0 Å². The highest BCUT2D eigenvalue weighted by atomic mass is 16.4. The Bertz CT molecular complexity index is 1250. The highest BCUT2D eigenvalue weighted by Gasteiger charge is 2.07. The Morgan fingerprint density at radius 1 is 0.657 bits per heavy atom. The molecule has 7 nitrogen and oxygen atoms in total. The van der Waals surface area contributed by atoms with Gasteiger partial charge in [0.2, 0.25) is 0 Å². The zero-order valence-corrected chi connectivity index (χ0v) is 19.4. The fraction of sp³-hybridized carbons (Fsp3) is 0.214. The number of carbonyl (C=O) groups is 4. The number of hydrogen-bond donors (Lipinski definition) is 0. The highest BCUT2D eigenvalue weighted by molar-refractivity contribution is 5.99. The lowest BCUT2D eigenvalue weighted by Crippen LogP contribution is -1.99. The smallest absolute Gasteiger partial charge is 0.156 e. The molecule has 0 saturated carbocycles. The SMILES string of the molecule is CC(=O)CCC(=O)/C=C/c1ccc(Cc2ccc(/C=C/C(=O)CCC(=O)/C=C/c3ccco3)o2)o1. The quantitative estimate of drug-likeness (QED) is 0.278. The van der Waals surface area contributed by atoms with E-state index in [4.69, 9.17) is 13.3 Å². The van der Waals surface area contributed by atoms with Gasteiger partial charge in [0.1, 0.15) is 34.6 Å². The van der Waals surface area contributed by atoms with Crippen LogP contribution in [0, 0.1) is 0 Å². The Labute approximate surface area is 202 Å². The fourth-order valence-corrected chi connectivity index (χ4v) is 3.04. The molecule has 0 aliphatic rings. The molecule has 0 radical (unpaired) electrons. The lowest BCUT2D eigenvalue weighted by molar-refractivity contribution is -0.120. The van der Waals surface area contributed by atoms with E-state index in [2.05, 4.69) is 0 Å². The maximum atomic E-state index is 12.1. The summed E-state index contributed by atoms with van der Waals surface area (Å²) >= 11 is 0. The standard InChI is InChI=1S/C28H26O7/c1-20(29)4-5-21(30)9-12-25-14-16-27(34-25)19-28-17-15-26(35-28)13-10-23(32)7-6-22(31)8-11-24-3-2-18-33-24/h2-3,8-18H,4-7,19H2,1H3/b11-8+,12-9+,13-10+. The average molecular weight is 475 g/mol. The van der Waals surface area contributed by atoms with Crippen LogP contribution in [0.1, 0.15) is 61.4 Å². The van der Waals surface area contributed by atoms with Crippen LogP contribution in [0.5, 0.6) is 0 Å². The molecule has 0 unspecified atom stereocenters. The predicted molar refractivity (Wildman–Crippen MR) is 130 cm³/mol. The van der Waals surface area contributed by atoms with Gasteiger partial charge in [0.05, 0.1) is 12.7 Å². The topological polar surface area (TPSA) is 108 Å². The highest BCUT2D eigenvalue weighted by Crippen LogP contribution is 2.18. The van der Waals surface area contributed by atoms with E-state index in [1.807, 2.05) is 0 Å². The van der Waals surface area contributed by atoms with E-state index in [0.717, 1.165) is 0 Å². The molecule has 0 N–H and O–H groups in total. The monoisotopic (exact) mass is 474 g/mol. The summed E-state index contributed by atoms with van der Waals surface area (Å²) in [5.41, 5.74) is 0. The first-order valence-electron chi connectivity index (χ1n) is 11.2.